The number of benzene rings is 1. The van der Waals surface area contributed by atoms with Gasteiger partial charge in [-0.15, -0.1) is 0 Å². The maximum absolute atomic E-state index is 11.9. The van der Waals surface area contributed by atoms with Gasteiger partial charge in [0.2, 0.25) is 0 Å². The van der Waals surface area contributed by atoms with Crippen LogP contribution in [-0.2, 0) is 11.2 Å². The van der Waals surface area contributed by atoms with E-state index in [2.05, 4.69) is 50.4 Å². The minimum atomic E-state index is -0.203. The number of hydrazone groups is 1. The summed E-state index contributed by atoms with van der Waals surface area (Å²) in [4.78, 5) is 11.9. The summed E-state index contributed by atoms with van der Waals surface area (Å²) >= 11 is 0. The number of unbranched alkanes of at least 4 members (excludes halogenated alkanes) is 1. The molecule has 4 heteroatoms. The van der Waals surface area contributed by atoms with E-state index in [0.29, 0.717) is 5.41 Å². The zero-order chi connectivity index (χ0) is 19.0. The van der Waals surface area contributed by atoms with Gasteiger partial charge in [-0.3, -0.25) is 4.79 Å². The van der Waals surface area contributed by atoms with Crippen molar-refractivity contribution in [2.75, 3.05) is 6.61 Å². The molecule has 4 nitrogen and oxygen atoms in total. The van der Waals surface area contributed by atoms with Gasteiger partial charge in [0.25, 0.3) is 5.91 Å². The highest BCUT2D eigenvalue weighted by atomic mass is 16.5. The minimum absolute atomic E-state index is 0.00426. The molecule has 0 spiro atoms. The summed E-state index contributed by atoms with van der Waals surface area (Å²) in [5.74, 6) is 1.25. The Kier molecular flexibility index (Phi) is 7.67. The van der Waals surface area contributed by atoms with Crippen molar-refractivity contribution in [1.29, 1.82) is 0 Å². The number of rotatable bonds is 7. The summed E-state index contributed by atoms with van der Waals surface area (Å²) in [5.41, 5.74) is 5.40. The van der Waals surface area contributed by atoms with E-state index in [9.17, 15) is 4.79 Å². The smallest absolute Gasteiger partial charge is 0.277 e. The van der Waals surface area contributed by atoms with E-state index in [1.807, 2.05) is 12.1 Å². The van der Waals surface area contributed by atoms with Gasteiger partial charge in [-0.05, 0) is 67.6 Å². The van der Waals surface area contributed by atoms with E-state index in [0.717, 1.165) is 49.5 Å². The zero-order valence-electron chi connectivity index (χ0n) is 16.8. The van der Waals surface area contributed by atoms with Gasteiger partial charge in [0, 0.05) is 5.71 Å². The lowest BCUT2D eigenvalue weighted by atomic mass is 9.72. The SMILES string of the molecule is CCCCc1ccc(OCC(=O)NN=C2CCC(C(C)(C)C)CC2)cc1. The highest BCUT2D eigenvalue weighted by molar-refractivity contribution is 5.87. The van der Waals surface area contributed by atoms with Gasteiger partial charge < -0.3 is 4.74 Å². The molecule has 1 aromatic rings. The molecule has 0 radical (unpaired) electrons. The summed E-state index contributed by atoms with van der Waals surface area (Å²) in [7, 11) is 0. The molecule has 1 N–H and O–H groups in total. The Labute approximate surface area is 158 Å². The van der Waals surface area contributed by atoms with Gasteiger partial charge in [-0.25, -0.2) is 5.43 Å². The topological polar surface area (TPSA) is 50.7 Å². The van der Waals surface area contributed by atoms with Crippen LogP contribution in [0.25, 0.3) is 0 Å². The summed E-state index contributed by atoms with van der Waals surface area (Å²) in [6, 6.07) is 7.99. The molecular formula is C22H34N2O2. The molecule has 1 fully saturated rings. The molecule has 1 aliphatic rings. The highest BCUT2D eigenvalue weighted by Gasteiger charge is 2.28. The monoisotopic (exact) mass is 358 g/mol. The number of nitrogens with one attached hydrogen (secondary N) is 1. The Morgan fingerprint density at radius 3 is 2.42 bits per heavy atom. The van der Waals surface area contributed by atoms with Crippen molar-refractivity contribution >= 4 is 11.6 Å². The summed E-state index contributed by atoms with van der Waals surface area (Å²) in [6.07, 6.45) is 7.73. The number of hydrogen-bond donors (Lipinski definition) is 1. The fourth-order valence-corrected chi connectivity index (χ4v) is 3.38. The van der Waals surface area contributed by atoms with Crippen molar-refractivity contribution < 1.29 is 9.53 Å². The van der Waals surface area contributed by atoms with E-state index in [1.54, 1.807) is 0 Å². The number of aryl methyl sites for hydroxylation is 1. The maximum atomic E-state index is 11.9. The predicted octanol–water partition coefficient (Wildman–Crippen LogP) is 5.12. The van der Waals surface area contributed by atoms with Crippen LogP contribution in [0.3, 0.4) is 0 Å². The third-order valence-corrected chi connectivity index (χ3v) is 5.24. The number of hydrogen-bond acceptors (Lipinski definition) is 3. The first-order valence-corrected chi connectivity index (χ1v) is 9.94. The molecule has 26 heavy (non-hydrogen) atoms. The standard InChI is InChI=1S/C22H34N2O2/c1-5-6-7-17-8-14-20(15-9-17)26-16-21(25)24-23-19-12-10-18(11-13-19)22(2,3)4/h8-9,14-15,18H,5-7,10-13,16H2,1-4H3,(H,24,25). The number of ether oxygens (including phenoxy) is 1. The molecule has 2 rings (SSSR count). The quantitative estimate of drug-likeness (QED) is 0.688. The van der Waals surface area contributed by atoms with Gasteiger partial charge >= 0.3 is 0 Å². The molecule has 0 unspecified atom stereocenters. The van der Waals surface area contributed by atoms with Crippen LogP contribution in [0.5, 0.6) is 5.75 Å². The lowest BCUT2D eigenvalue weighted by molar-refractivity contribution is -0.123. The van der Waals surface area contributed by atoms with Crippen LogP contribution in [-0.4, -0.2) is 18.2 Å². The molecule has 1 saturated carbocycles. The average Bonchev–Trinajstić information content (AvgIpc) is 2.63. The number of amides is 1. The van der Waals surface area contributed by atoms with Crippen LogP contribution >= 0.6 is 0 Å². The maximum Gasteiger partial charge on any atom is 0.277 e. The van der Waals surface area contributed by atoms with E-state index >= 15 is 0 Å². The molecule has 1 aromatic carbocycles. The van der Waals surface area contributed by atoms with Crippen molar-refractivity contribution in [1.82, 2.24) is 5.43 Å². The third kappa shape index (κ3) is 6.81. The second-order valence-electron chi connectivity index (χ2n) is 8.39. The molecule has 0 atom stereocenters. The molecule has 144 valence electrons. The van der Waals surface area contributed by atoms with E-state index in [-0.39, 0.29) is 12.5 Å². The molecule has 0 aliphatic heterocycles. The molecule has 1 amide bonds. The predicted molar refractivity (Wildman–Crippen MR) is 108 cm³/mol. The fourth-order valence-electron chi connectivity index (χ4n) is 3.38. The van der Waals surface area contributed by atoms with E-state index < -0.39 is 0 Å². The fraction of sp³-hybridized carbons (Fsp3) is 0.636. The first-order chi connectivity index (χ1) is 12.4. The van der Waals surface area contributed by atoms with Crippen LogP contribution in [0, 0.1) is 11.3 Å². The van der Waals surface area contributed by atoms with Crippen molar-refractivity contribution in [3.05, 3.63) is 29.8 Å². The van der Waals surface area contributed by atoms with Crippen LogP contribution in [0.4, 0.5) is 0 Å². The molecule has 0 aromatic heterocycles. The molecule has 1 aliphatic carbocycles. The number of carbonyl (C=O) groups is 1. The molecular weight excluding hydrogens is 324 g/mol. The molecule has 0 saturated heterocycles. The first kappa shape index (κ1) is 20.5. The second-order valence-corrected chi connectivity index (χ2v) is 8.39. The second kappa shape index (κ2) is 9.75. The molecule has 0 bridgehead atoms. The lowest BCUT2D eigenvalue weighted by Gasteiger charge is -2.34. The Bertz CT molecular complexity index is 590. The van der Waals surface area contributed by atoms with Crippen LogP contribution < -0.4 is 10.2 Å². The van der Waals surface area contributed by atoms with Crippen molar-refractivity contribution in [2.45, 2.75) is 72.6 Å². The minimum Gasteiger partial charge on any atom is -0.484 e. The molecule has 0 heterocycles. The van der Waals surface area contributed by atoms with Crippen molar-refractivity contribution in [2.24, 2.45) is 16.4 Å². The number of carbonyl (C=O) groups excluding carboxylic acids is 1. The van der Waals surface area contributed by atoms with E-state index in [4.69, 9.17) is 4.74 Å². The Morgan fingerprint density at radius 2 is 1.85 bits per heavy atom. The van der Waals surface area contributed by atoms with Crippen LogP contribution in [0.15, 0.2) is 29.4 Å². The third-order valence-electron chi connectivity index (χ3n) is 5.24. The van der Waals surface area contributed by atoms with Gasteiger partial charge in [0.05, 0.1) is 0 Å². The largest absolute Gasteiger partial charge is 0.484 e. The summed E-state index contributed by atoms with van der Waals surface area (Å²) in [5, 5.41) is 4.30. The summed E-state index contributed by atoms with van der Waals surface area (Å²) in [6.45, 7) is 9.09. The van der Waals surface area contributed by atoms with Crippen molar-refractivity contribution in [3.8, 4) is 5.75 Å². The lowest BCUT2D eigenvalue weighted by Crippen LogP contribution is -2.29. The number of nitrogens with zero attached hydrogens (tertiary/aromatic N) is 1. The highest BCUT2D eigenvalue weighted by Crippen LogP contribution is 2.36. The average molecular weight is 359 g/mol. The van der Waals surface area contributed by atoms with Gasteiger partial charge in [-0.1, -0.05) is 46.2 Å². The van der Waals surface area contributed by atoms with Crippen molar-refractivity contribution in [3.63, 3.8) is 0 Å². The Hall–Kier alpha value is -1.84. The summed E-state index contributed by atoms with van der Waals surface area (Å²) < 4.78 is 5.55. The Morgan fingerprint density at radius 1 is 1.19 bits per heavy atom. The van der Waals surface area contributed by atoms with E-state index in [1.165, 1.54) is 18.4 Å². The van der Waals surface area contributed by atoms with Gasteiger partial charge in [0.1, 0.15) is 5.75 Å². The van der Waals surface area contributed by atoms with Crippen LogP contribution in [0.1, 0.15) is 71.8 Å². The first-order valence-electron chi connectivity index (χ1n) is 9.94. The zero-order valence-corrected chi connectivity index (χ0v) is 16.8. The van der Waals surface area contributed by atoms with Crippen LogP contribution in [0.2, 0.25) is 0 Å². The van der Waals surface area contributed by atoms with Gasteiger partial charge in [-0.2, -0.15) is 5.10 Å². The Balaban J connectivity index is 1.71. The normalized spacial score (nSPS) is 17.7. The van der Waals surface area contributed by atoms with Gasteiger partial charge in [0.15, 0.2) is 6.61 Å².